The Balaban J connectivity index is 1.48. The molecule has 0 unspecified atom stereocenters. The van der Waals surface area contributed by atoms with E-state index in [9.17, 15) is 13.2 Å². The number of hydrogen-bond acceptors (Lipinski definition) is 7. The zero-order chi connectivity index (χ0) is 22.2. The average molecular weight is 494 g/mol. The molecule has 1 saturated heterocycles. The number of nitrogens with zero attached hydrogens (tertiary/aromatic N) is 2. The van der Waals surface area contributed by atoms with Crippen molar-refractivity contribution in [1.82, 2.24) is 14.6 Å². The second-order valence-electron chi connectivity index (χ2n) is 7.45. The molecule has 1 aliphatic rings. The van der Waals surface area contributed by atoms with Gasteiger partial charge in [0.2, 0.25) is 15.9 Å². The summed E-state index contributed by atoms with van der Waals surface area (Å²) in [5.74, 6) is 0.416. The lowest BCUT2D eigenvalue weighted by molar-refractivity contribution is -0.124. The summed E-state index contributed by atoms with van der Waals surface area (Å²) in [5.41, 5.74) is 3.43. The lowest BCUT2D eigenvalue weighted by Crippen LogP contribution is -2.47. The second kappa shape index (κ2) is 9.03. The molecule has 1 atom stereocenters. The number of nitrogens with one attached hydrogen (secondary N) is 1. The number of thioether (sulfide) groups is 1. The Morgan fingerprint density at radius 1 is 1.19 bits per heavy atom. The van der Waals surface area contributed by atoms with Crippen LogP contribution in [-0.4, -0.2) is 41.3 Å². The molecule has 3 aromatic rings. The Hall–Kier alpha value is -1.72. The first-order valence-electron chi connectivity index (χ1n) is 9.71. The van der Waals surface area contributed by atoms with Gasteiger partial charge in [0.15, 0.2) is 0 Å². The van der Waals surface area contributed by atoms with Gasteiger partial charge in [-0.15, -0.1) is 34.4 Å². The lowest BCUT2D eigenvalue weighted by atomic mass is 10.1. The molecule has 0 aliphatic carbocycles. The smallest absolute Gasteiger partial charge is 0.244 e. The number of sulfonamides is 1. The molecule has 1 fully saturated rings. The van der Waals surface area contributed by atoms with Gasteiger partial charge in [-0.2, -0.15) is 4.31 Å². The van der Waals surface area contributed by atoms with Crippen LogP contribution in [0.15, 0.2) is 39.9 Å². The molecule has 4 rings (SSSR count). The number of carbonyl (C=O) groups excluding carboxylic acids is 1. The van der Waals surface area contributed by atoms with Crippen molar-refractivity contribution in [1.29, 1.82) is 0 Å². The Morgan fingerprint density at radius 2 is 1.97 bits per heavy atom. The normalized spacial score (nSPS) is 17.2. The Labute approximate surface area is 194 Å². The highest BCUT2D eigenvalue weighted by Gasteiger charge is 2.40. The Morgan fingerprint density at radius 3 is 2.71 bits per heavy atom. The van der Waals surface area contributed by atoms with E-state index < -0.39 is 16.1 Å². The van der Waals surface area contributed by atoms with Crippen LogP contribution in [0.3, 0.4) is 0 Å². The zero-order valence-corrected chi connectivity index (χ0v) is 20.7. The monoisotopic (exact) mass is 493 g/mol. The van der Waals surface area contributed by atoms with E-state index in [1.54, 1.807) is 24.3 Å². The van der Waals surface area contributed by atoms with E-state index in [1.807, 2.05) is 42.8 Å². The molecule has 1 aliphatic heterocycles. The van der Waals surface area contributed by atoms with Gasteiger partial charge >= 0.3 is 0 Å². The van der Waals surface area contributed by atoms with E-state index in [-0.39, 0.29) is 23.2 Å². The van der Waals surface area contributed by atoms with E-state index in [4.69, 9.17) is 0 Å². The Bertz CT molecular complexity index is 1200. The van der Waals surface area contributed by atoms with E-state index in [2.05, 4.69) is 10.3 Å². The highest BCUT2D eigenvalue weighted by Crippen LogP contribution is 2.31. The summed E-state index contributed by atoms with van der Waals surface area (Å²) in [6.07, 6.45) is 0. The summed E-state index contributed by atoms with van der Waals surface area (Å²) in [6.45, 7) is 5.93. The van der Waals surface area contributed by atoms with Crippen molar-refractivity contribution in [3.8, 4) is 9.88 Å². The number of benzene rings is 1. The van der Waals surface area contributed by atoms with Crippen LogP contribution in [0.5, 0.6) is 0 Å². The number of aryl methyl sites for hydroxylation is 3. The highest BCUT2D eigenvalue weighted by molar-refractivity contribution is 8.00. The number of carbonyl (C=O) groups is 1. The molecule has 2 aromatic heterocycles. The van der Waals surface area contributed by atoms with Crippen LogP contribution in [0.4, 0.5) is 0 Å². The third-order valence-corrected chi connectivity index (χ3v) is 10.4. The van der Waals surface area contributed by atoms with Gasteiger partial charge in [0.1, 0.15) is 11.0 Å². The van der Waals surface area contributed by atoms with Crippen molar-refractivity contribution >= 4 is 50.4 Å². The first-order valence-corrected chi connectivity index (χ1v) is 14.1. The van der Waals surface area contributed by atoms with Crippen molar-refractivity contribution in [2.24, 2.45) is 0 Å². The molecule has 0 saturated carbocycles. The van der Waals surface area contributed by atoms with Crippen LogP contribution in [0.1, 0.15) is 22.4 Å². The summed E-state index contributed by atoms with van der Waals surface area (Å²) < 4.78 is 28.1. The molecule has 0 radical (unpaired) electrons. The van der Waals surface area contributed by atoms with Crippen molar-refractivity contribution in [3.05, 3.63) is 57.4 Å². The van der Waals surface area contributed by atoms with Gasteiger partial charge in [0.25, 0.3) is 0 Å². The molecule has 1 aromatic carbocycles. The van der Waals surface area contributed by atoms with Crippen molar-refractivity contribution in [2.75, 3.05) is 11.6 Å². The van der Waals surface area contributed by atoms with Crippen molar-refractivity contribution in [2.45, 2.75) is 38.3 Å². The topological polar surface area (TPSA) is 79.4 Å². The van der Waals surface area contributed by atoms with Gasteiger partial charge in [-0.05, 0) is 55.0 Å². The van der Waals surface area contributed by atoms with E-state index in [0.29, 0.717) is 11.3 Å². The average Bonchev–Trinajstić information content (AvgIpc) is 3.49. The molecular weight excluding hydrogens is 471 g/mol. The summed E-state index contributed by atoms with van der Waals surface area (Å²) in [7, 11) is -3.77. The predicted octanol–water partition coefficient (Wildman–Crippen LogP) is 4.18. The number of aromatic nitrogens is 1. The molecule has 0 bridgehead atoms. The molecule has 6 nitrogen and oxygen atoms in total. The largest absolute Gasteiger partial charge is 0.349 e. The molecule has 164 valence electrons. The zero-order valence-electron chi connectivity index (χ0n) is 17.4. The summed E-state index contributed by atoms with van der Waals surface area (Å²) in [6, 6.07) is 6.85. The fraction of sp³-hybridized carbons (Fsp3) is 0.333. The minimum absolute atomic E-state index is 0.270. The molecule has 0 spiro atoms. The minimum atomic E-state index is -3.77. The van der Waals surface area contributed by atoms with Crippen molar-refractivity contribution < 1.29 is 13.2 Å². The summed E-state index contributed by atoms with van der Waals surface area (Å²) in [5, 5.41) is 7.72. The molecule has 10 heteroatoms. The first-order chi connectivity index (χ1) is 14.8. The van der Waals surface area contributed by atoms with Gasteiger partial charge in [0, 0.05) is 11.1 Å². The van der Waals surface area contributed by atoms with E-state index in [1.165, 1.54) is 27.4 Å². The highest BCUT2D eigenvalue weighted by atomic mass is 32.2. The van der Waals surface area contributed by atoms with Gasteiger partial charge in [-0.3, -0.25) is 4.79 Å². The number of thiophene rings is 1. The van der Waals surface area contributed by atoms with Crippen LogP contribution in [-0.2, 0) is 21.4 Å². The molecule has 1 amide bonds. The van der Waals surface area contributed by atoms with Crippen molar-refractivity contribution in [3.63, 3.8) is 0 Å². The van der Waals surface area contributed by atoms with Gasteiger partial charge < -0.3 is 5.32 Å². The molecule has 3 heterocycles. The maximum atomic E-state index is 13.4. The Kier molecular flexibility index (Phi) is 6.55. The number of hydrogen-bond donors (Lipinski definition) is 1. The molecule has 31 heavy (non-hydrogen) atoms. The fourth-order valence-electron chi connectivity index (χ4n) is 3.41. The summed E-state index contributed by atoms with van der Waals surface area (Å²) >= 11 is 4.61. The van der Waals surface area contributed by atoms with Crippen LogP contribution in [0, 0.1) is 20.8 Å². The first kappa shape index (κ1) is 22.5. The quantitative estimate of drug-likeness (QED) is 0.557. The third kappa shape index (κ3) is 4.58. The minimum Gasteiger partial charge on any atom is -0.349 e. The van der Waals surface area contributed by atoms with E-state index in [0.717, 1.165) is 26.7 Å². The maximum absolute atomic E-state index is 13.4. The van der Waals surface area contributed by atoms with Crippen LogP contribution >= 0.6 is 34.4 Å². The molecular formula is C21H23N3O3S4. The van der Waals surface area contributed by atoms with Crippen LogP contribution in [0.25, 0.3) is 9.88 Å². The van der Waals surface area contributed by atoms with Gasteiger partial charge in [0.05, 0.1) is 27.9 Å². The second-order valence-corrected chi connectivity index (χ2v) is 12.1. The standard InChI is InChI=1S/C21H23N3O3S4/c1-13-7-15(3)19(8-14(13)2)31(26,27)24-12-28-11-17(24)20(25)22-9-16-10-30-21(23-16)18-5-4-6-29-18/h4-8,10,17H,9,11-12H2,1-3H3,(H,22,25)/t17-/m1/s1. The fourth-order valence-corrected chi connectivity index (χ4v) is 8.48. The molecule has 1 N–H and O–H groups in total. The lowest BCUT2D eigenvalue weighted by Gasteiger charge is -2.23. The number of rotatable bonds is 6. The maximum Gasteiger partial charge on any atom is 0.244 e. The van der Waals surface area contributed by atoms with Gasteiger partial charge in [-0.25, -0.2) is 13.4 Å². The number of thiazole rings is 1. The van der Waals surface area contributed by atoms with E-state index >= 15 is 0 Å². The van der Waals surface area contributed by atoms with Crippen LogP contribution in [0.2, 0.25) is 0 Å². The van der Waals surface area contributed by atoms with Crippen LogP contribution < -0.4 is 5.32 Å². The summed E-state index contributed by atoms with van der Waals surface area (Å²) in [4.78, 5) is 18.8. The SMILES string of the molecule is Cc1cc(C)c(S(=O)(=O)N2CSC[C@@H]2C(=O)NCc2csc(-c3cccs3)n2)cc1C. The predicted molar refractivity (Wildman–Crippen MR) is 128 cm³/mol. The number of amides is 1. The van der Waals surface area contributed by atoms with Gasteiger partial charge in [-0.1, -0.05) is 12.1 Å². The third-order valence-electron chi connectivity index (χ3n) is 5.25.